The molecule has 9 heteroatoms. The molecule has 154 valence electrons. The number of fused-ring (bicyclic) bond motifs is 1. The number of oxazole rings is 1. The molecule has 5 rings (SSSR count). The summed E-state index contributed by atoms with van der Waals surface area (Å²) < 4.78 is 7.73. The fraction of sp³-hybridized carbons (Fsp3) is 0.0909. The number of benzene rings is 2. The van der Waals surface area contributed by atoms with Gasteiger partial charge >= 0.3 is 0 Å². The van der Waals surface area contributed by atoms with E-state index < -0.39 is 0 Å². The number of hydrogen-bond donors (Lipinski definition) is 1. The highest BCUT2D eigenvalue weighted by atomic mass is 35.5. The van der Waals surface area contributed by atoms with Crippen molar-refractivity contribution in [3.63, 3.8) is 0 Å². The lowest BCUT2D eigenvalue weighted by atomic mass is 10.2. The average molecular weight is 450 g/mol. The summed E-state index contributed by atoms with van der Waals surface area (Å²) >= 11 is 7.74. The standard InChI is InChI=1S/C22H16ClN5O2S/c1-13-17(26-21(30-13)15-9-5-6-10-16(15)23)11-31-22-27-18-19(24-12-25-20(18)29)28(22)14-7-3-2-4-8-14/h2-10,12H,11H2,1H3,(H,24,25,29). The Balaban J connectivity index is 1.52. The topological polar surface area (TPSA) is 89.6 Å². The van der Waals surface area contributed by atoms with Gasteiger partial charge in [0, 0.05) is 11.4 Å². The highest BCUT2D eigenvalue weighted by Crippen LogP contribution is 2.32. The molecule has 3 aromatic heterocycles. The summed E-state index contributed by atoms with van der Waals surface area (Å²) in [5, 5.41) is 1.23. The Kier molecular flexibility index (Phi) is 5.09. The molecule has 2 aromatic carbocycles. The number of aromatic nitrogens is 5. The quantitative estimate of drug-likeness (QED) is 0.379. The Bertz CT molecular complexity index is 1440. The lowest BCUT2D eigenvalue weighted by molar-refractivity contribution is 0.540. The molecule has 0 amide bonds. The first-order valence-electron chi connectivity index (χ1n) is 9.47. The van der Waals surface area contributed by atoms with Crippen LogP contribution in [0.3, 0.4) is 0 Å². The molecule has 1 N–H and O–H groups in total. The molecular weight excluding hydrogens is 434 g/mol. The van der Waals surface area contributed by atoms with E-state index in [1.54, 1.807) is 6.07 Å². The van der Waals surface area contributed by atoms with Crippen LogP contribution in [-0.2, 0) is 5.75 Å². The Labute approximate surface area is 186 Å². The van der Waals surface area contributed by atoms with Gasteiger partial charge in [-0.3, -0.25) is 9.36 Å². The number of hydrogen-bond acceptors (Lipinski definition) is 6. The number of aryl methyl sites for hydroxylation is 1. The maximum atomic E-state index is 12.3. The van der Waals surface area contributed by atoms with Gasteiger partial charge in [0.1, 0.15) is 5.76 Å². The zero-order chi connectivity index (χ0) is 21.4. The van der Waals surface area contributed by atoms with Gasteiger partial charge in [-0.2, -0.15) is 0 Å². The number of nitrogens with one attached hydrogen (secondary N) is 1. The highest BCUT2D eigenvalue weighted by molar-refractivity contribution is 7.98. The van der Waals surface area contributed by atoms with Crippen LogP contribution in [0.5, 0.6) is 0 Å². The summed E-state index contributed by atoms with van der Waals surface area (Å²) in [4.78, 5) is 28.4. The number of H-pyrrole nitrogens is 1. The third-order valence-electron chi connectivity index (χ3n) is 4.77. The molecule has 0 unspecified atom stereocenters. The third-order valence-corrected chi connectivity index (χ3v) is 6.05. The van der Waals surface area contributed by atoms with Crippen molar-refractivity contribution in [3.05, 3.63) is 87.8 Å². The van der Waals surface area contributed by atoms with Crippen LogP contribution in [0.25, 0.3) is 28.3 Å². The van der Waals surface area contributed by atoms with Gasteiger partial charge in [0.2, 0.25) is 5.89 Å². The first-order chi connectivity index (χ1) is 15.1. The van der Waals surface area contributed by atoms with E-state index in [0.29, 0.717) is 38.7 Å². The fourth-order valence-electron chi connectivity index (χ4n) is 3.24. The predicted octanol–water partition coefficient (Wildman–Crippen LogP) is 5.02. The SMILES string of the molecule is Cc1oc(-c2ccccc2Cl)nc1CSc1nc2c(=O)[nH]cnc2n1-c1ccccc1. The van der Waals surface area contributed by atoms with Gasteiger partial charge in [-0.05, 0) is 31.2 Å². The Morgan fingerprint density at radius 3 is 2.68 bits per heavy atom. The average Bonchev–Trinajstić information content (AvgIpc) is 3.34. The smallest absolute Gasteiger partial charge is 0.278 e. The lowest BCUT2D eigenvalue weighted by Crippen LogP contribution is -2.07. The second-order valence-electron chi connectivity index (χ2n) is 6.76. The van der Waals surface area contributed by atoms with E-state index in [-0.39, 0.29) is 5.56 Å². The van der Waals surface area contributed by atoms with E-state index in [0.717, 1.165) is 16.9 Å². The van der Waals surface area contributed by atoms with Crippen LogP contribution in [0.2, 0.25) is 5.02 Å². The highest BCUT2D eigenvalue weighted by Gasteiger charge is 2.19. The van der Waals surface area contributed by atoms with Crippen molar-refractivity contribution in [1.29, 1.82) is 0 Å². The van der Waals surface area contributed by atoms with Crippen LogP contribution < -0.4 is 5.56 Å². The van der Waals surface area contributed by atoms with Crippen LogP contribution in [0.15, 0.2) is 75.3 Å². The van der Waals surface area contributed by atoms with Gasteiger partial charge in [-0.1, -0.05) is 53.7 Å². The predicted molar refractivity (Wildman–Crippen MR) is 121 cm³/mol. The molecule has 0 saturated carbocycles. The molecule has 0 atom stereocenters. The van der Waals surface area contributed by atoms with E-state index in [4.69, 9.17) is 16.0 Å². The molecule has 0 bridgehead atoms. The molecule has 0 radical (unpaired) electrons. The molecular formula is C22H16ClN5O2S. The maximum Gasteiger partial charge on any atom is 0.278 e. The number of halogens is 1. The summed E-state index contributed by atoms with van der Waals surface area (Å²) in [6.45, 7) is 1.87. The van der Waals surface area contributed by atoms with E-state index >= 15 is 0 Å². The van der Waals surface area contributed by atoms with E-state index in [1.807, 2.05) is 60.0 Å². The molecule has 3 heterocycles. The number of para-hydroxylation sites is 1. The number of aromatic amines is 1. The fourth-order valence-corrected chi connectivity index (χ4v) is 4.46. The van der Waals surface area contributed by atoms with E-state index in [9.17, 15) is 4.79 Å². The summed E-state index contributed by atoms with van der Waals surface area (Å²) in [5.74, 6) is 1.70. The number of rotatable bonds is 5. The van der Waals surface area contributed by atoms with Gasteiger partial charge in [0.15, 0.2) is 16.3 Å². The molecule has 0 aliphatic carbocycles. The van der Waals surface area contributed by atoms with Crippen LogP contribution in [0, 0.1) is 6.92 Å². The molecule has 0 fully saturated rings. The van der Waals surface area contributed by atoms with Gasteiger partial charge in [0.25, 0.3) is 5.56 Å². The summed E-state index contributed by atoms with van der Waals surface area (Å²) in [6.07, 6.45) is 1.39. The van der Waals surface area contributed by atoms with Gasteiger partial charge < -0.3 is 9.40 Å². The molecule has 0 aliphatic heterocycles. The largest absolute Gasteiger partial charge is 0.441 e. The summed E-state index contributed by atoms with van der Waals surface area (Å²) in [6, 6.07) is 17.1. The summed E-state index contributed by atoms with van der Waals surface area (Å²) in [7, 11) is 0. The molecule has 5 aromatic rings. The normalized spacial score (nSPS) is 11.3. The van der Waals surface area contributed by atoms with Crippen molar-refractivity contribution < 1.29 is 4.42 Å². The zero-order valence-corrected chi connectivity index (χ0v) is 17.9. The van der Waals surface area contributed by atoms with Gasteiger partial charge in [-0.15, -0.1) is 0 Å². The first-order valence-corrected chi connectivity index (χ1v) is 10.8. The van der Waals surface area contributed by atoms with Crippen LogP contribution in [-0.4, -0.2) is 24.5 Å². The maximum absolute atomic E-state index is 12.3. The molecule has 0 aliphatic rings. The minimum atomic E-state index is -0.278. The van der Waals surface area contributed by atoms with Crippen molar-refractivity contribution in [3.8, 4) is 17.1 Å². The minimum Gasteiger partial charge on any atom is -0.441 e. The zero-order valence-electron chi connectivity index (χ0n) is 16.4. The van der Waals surface area contributed by atoms with Gasteiger partial charge in [-0.25, -0.2) is 15.0 Å². The number of imidazole rings is 1. The molecule has 31 heavy (non-hydrogen) atoms. The molecule has 7 nitrogen and oxygen atoms in total. The van der Waals surface area contributed by atoms with Crippen molar-refractivity contribution in [2.45, 2.75) is 17.8 Å². The third kappa shape index (κ3) is 3.64. The Hall–Kier alpha value is -3.36. The number of nitrogens with zero attached hydrogens (tertiary/aromatic N) is 4. The first kappa shape index (κ1) is 19.6. The second kappa shape index (κ2) is 8.05. The summed E-state index contributed by atoms with van der Waals surface area (Å²) in [5.41, 5.74) is 2.93. The van der Waals surface area contributed by atoms with Crippen molar-refractivity contribution >= 4 is 34.5 Å². The van der Waals surface area contributed by atoms with Crippen LogP contribution in [0.4, 0.5) is 0 Å². The Morgan fingerprint density at radius 2 is 1.87 bits per heavy atom. The molecule has 0 saturated heterocycles. The van der Waals surface area contributed by atoms with Gasteiger partial charge in [0.05, 0.1) is 22.6 Å². The number of thioether (sulfide) groups is 1. The monoisotopic (exact) mass is 449 g/mol. The van der Waals surface area contributed by atoms with Crippen LogP contribution >= 0.6 is 23.4 Å². The van der Waals surface area contributed by atoms with E-state index in [1.165, 1.54) is 18.1 Å². The Morgan fingerprint density at radius 1 is 1.10 bits per heavy atom. The second-order valence-corrected chi connectivity index (χ2v) is 8.11. The molecule has 0 spiro atoms. The van der Waals surface area contributed by atoms with E-state index in [2.05, 4.69) is 19.9 Å². The van der Waals surface area contributed by atoms with Crippen molar-refractivity contribution in [2.24, 2.45) is 0 Å². The van der Waals surface area contributed by atoms with Crippen LogP contribution in [0.1, 0.15) is 11.5 Å². The van der Waals surface area contributed by atoms with Crippen molar-refractivity contribution in [2.75, 3.05) is 0 Å². The van der Waals surface area contributed by atoms with Crippen molar-refractivity contribution in [1.82, 2.24) is 24.5 Å². The lowest BCUT2D eigenvalue weighted by Gasteiger charge is -2.07. The minimum absolute atomic E-state index is 0.278.